The summed E-state index contributed by atoms with van der Waals surface area (Å²) in [5.41, 5.74) is 4.11. The van der Waals surface area contributed by atoms with Gasteiger partial charge in [-0.3, -0.25) is 0 Å². The molecular formula is C26H38N2O3. The van der Waals surface area contributed by atoms with Gasteiger partial charge in [-0.1, -0.05) is 52.3 Å². The molecule has 1 aliphatic carbocycles. The van der Waals surface area contributed by atoms with Crippen molar-refractivity contribution in [1.82, 2.24) is 9.78 Å². The van der Waals surface area contributed by atoms with Gasteiger partial charge in [0.15, 0.2) is 5.69 Å². The van der Waals surface area contributed by atoms with Crippen molar-refractivity contribution in [3.63, 3.8) is 0 Å². The van der Waals surface area contributed by atoms with Gasteiger partial charge in [0.2, 0.25) is 0 Å². The van der Waals surface area contributed by atoms with Crippen molar-refractivity contribution in [1.29, 1.82) is 0 Å². The van der Waals surface area contributed by atoms with Crippen LogP contribution >= 0.6 is 0 Å². The van der Waals surface area contributed by atoms with Crippen molar-refractivity contribution in [3.05, 3.63) is 70.8 Å². The molecule has 1 aliphatic rings. The second-order valence-corrected chi connectivity index (χ2v) is 7.01. The molecule has 0 N–H and O–H groups in total. The van der Waals surface area contributed by atoms with Crippen LogP contribution in [-0.2, 0) is 16.1 Å². The van der Waals surface area contributed by atoms with Crippen LogP contribution in [-0.4, -0.2) is 22.4 Å². The monoisotopic (exact) mass is 426 g/mol. The van der Waals surface area contributed by atoms with E-state index in [-0.39, 0.29) is 5.97 Å². The van der Waals surface area contributed by atoms with E-state index in [2.05, 4.69) is 31.1 Å². The number of rotatable bonds is 6. The van der Waals surface area contributed by atoms with Gasteiger partial charge in [-0.25, -0.2) is 9.48 Å². The fourth-order valence-electron chi connectivity index (χ4n) is 2.87. The summed E-state index contributed by atoms with van der Waals surface area (Å²) in [7, 11) is 0. The highest BCUT2D eigenvalue weighted by molar-refractivity contribution is 5.88. The van der Waals surface area contributed by atoms with Crippen molar-refractivity contribution < 1.29 is 14.3 Å². The van der Waals surface area contributed by atoms with Crippen molar-refractivity contribution in [2.24, 2.45) is 0 Å². The molecule has 170 valence electrons. The first-order valence-electron chi connectivity index (χ1n) is 11.3. The summed E-state index contributed by atoms with van der Waals surface area (Å²) in [5.74, 6) is 0.534. The summed E-state index contributed by atoms with van der Waals surface area (Å²) in [6.07, 6.45) is 9.56. The van der Waals surface area contributed by atoms with E-state index in [0.29, 0.717) is 18.9 Å². The molecule has 0 atom stereocenters. The Morgan fingerprint density at radius 3 is 2.42 bits per heavy atom. The number of benzene rings is 1. The standard InChI is InChI=1S/C21H24N2O3.C3H8.C2H6/c1-4-25-21(24)20-12-16(3)22-23(20)19-13-17(11-10-15(19)2)14-26-18-8-6-5-7-9-18;1-3-2;1-2/h6,8-13H,4-5,7,14H2,1-3H3;3H2,1-2H3;1-2H3. The molecule has 1 heterocycles. The third kappa shape index (κ3) is 8.08. The molecule has 0 aliphatic heterocycles. The minimum atomic E-state index is -0.369. The molecule has 0 radical (unpaired) electrons. The molecule has 5 nitrogen and oxygen atoms in total. The minimum absolute atomic E-state index is 0.332. The maximum Gasteiger partial charge on any atom is 0.357 e. The molecule has 1 aromatic carbocycles. The van der Waals surface area contributed by atoms with Crippen LogP contribution in [0.25, 0.3) is 5.69 Å². The SMILES string of the molecule is CC.CCC.CCOC(=O)c1cc(C)nn1-c1cc(COC2=CCCC=C2)ccc1C. The second kappa shape index (κ2) is 14.2. The molecule has 0 spiro atoms. The zero-order chi connectivity index (χ0) is 23.2. The Kier molecular flexibility index (Phi) is 12.0. The molecule has 0 fully saturated rings. The van der Waals surface area contributed by atoms with Gasteiger partial charge in [0, 0.05) is 0 Å². The van der Waals surface area contributed by atoms with E-state index in [1.54, 1.807) is 17.7 Å². The lowest BCUT2D eigenvalue weighted by Crippen LogP contribution is -2.13. The number of carbonyl (C=O) groups excluding carboxylic acids is 1. The normalized spacial score (nSPS) is 12.0. The first-order chi connectivity index (χ1) is 15.0. The maximum absolute atomic E-state index is 12.3. The van der Waals surface area contributed by atoms with Crippen LogP contribution in [0.2, 0.25) is 0 Å². The lowest BCUT2D eigenvalue weighted by atomic mass is 10.1. The summed E-state index contributed by atoms with van der Waals surface area (Å²) >= 11 is 0. The Morgan fingerprint density at radius 1 is 1.10 bits per heavy atom. The van der Waals surface area contributed by atoms with E-state index < -0.39 is 0 Å². The molecular weight excluding hydrogens is 388 g/mol. The number of esters is 1. The van der Waals surface area contributed by atoms with Gasteiger partial charge in [0.1, 0.15) is 12.4 Å². The van der Waals surface area contributed by atoms with Gasteiger partial charge >= 0.3 is 5.97 Å². The number of aromatic nitrogens is 2. The Balaban J connectivity index is 0.000000884. The second-order valence-electron chi connectivity index (χ2n) is 7.01. The highest BCUT2D eigenvalue weighted by Crippen LogP contribution is 2.21. The van der Waals surface area contributed by atoms with E-state index in [4.69, 9.17) is 9.47 Å². The molecule has 0 saturated carbocycles. The fraction of sp³-hybridized carbons (Fsp3) is 0.462. The maximum atomic E-state index is 12.3. The summed E-state index contributed by atoms with van der Waals surface area (Å²) < 4.78 is 12.7. The highest BCUT2D eigenvalue weighted by Gasteiger charge is 2.18. The van der Waals surface area contributed by atoms with E-state index in [1.807, 2.05) is 52.0 Å². The van der Waals surface area contributed by atoms with E-state index >= 15 is 0 Å². The molecule has 0 saturated heterocycles. The van der Waals surface area contributed by atoms with Gasteiger partial charge in [-0.15, -0.1) is 0 Å². The molecule has 2 aromatic rings. The quantitative estimate of drug-likeness (QED) is 0.474. The lowest BCUT2D eigenvalue weighted by Gasteiger charge is -2.13. The van der Waals surface area contributed by atoms with Gasteiger partial charge in [-0.05, 0) is 69.0 Å². The molecule has 5 heteroatoms. The zero-order valence-electron chi connectivity index (χ0n) is 20.2. The van der Waals surface area contributed by atoms with E-state index in [1.165, 1.54) is 6.42 Å². The van der Waals surface area contributed by atoms with E-state index in [9.17, 15) is 4.79 Å². The number of hydrogen-bond donors (Lipinski definition) is 0. The lowest BCUT2D eigenvalue weighted by molar-refractivity contribution is 0.0515. The van der Waals surface area contributed by atoms with Crippen molar-refractivity contribution >= 4 is 5.97 Å². The molecule has 0 bridgehead atoms. The average molecular weight is 427 g/mol. The fourth-order valence-corrected chi connectivity index (χ4v) is 2.87. The highest BCUT2D eigenvalue weighted by atomic mass is 16.5. The van der Waals surface area contributed by atoms with E-state index in [0.717, 1.165) is 41.1 Å². The number of hydrogen-bond acceptors (Lipinski definition) is 4. The largest absolute Gasteiger partial charge is 0.489 e. The van der Waals surface area contributed by atoms with Crippen molar-refractivity contribution in [3.8, 4) is 5.69 Å². The first-order valence-corrected chi connectivity index (χ1v) is 11.3. The van der Waals surface area contributed by atoms with Crippen LogP contribution in [0, 0.1) is 13.8 Å². The topological polar surface area (TPSA) is 53.3 Å². The molecule has 3 rings (SSSR count). The van der Waals surface area contributed by atoms with Crippen LogP contribution in [0.15, 0.2) is 48.3 Å². The molecule has 0 amide bonds. The average Bonchev–Trinajstić information content (AvgIpc) is 3.17. The minimum Gasteiger partial charge on any atom is -0.489 e. The van der Waals surface area contributed by atoms with Gasteiger partial charge in [0.25, 0.3) is 0 Å². The zero-order valence-corrected chi connectivity index (χ0v) is 20.2. The predicted octanol–water partition coefficient (Wildman–Crippen LogP) is 6.86. The smallest absolute Gasteiger partial charge is 0.357 e. The van der Waals surface area contributed by atoms with Crippen molar-refractivity contribution in [2.75, 3.05) is 6.61 Å². The van der Waals surface area contributed by atoms with Crippen LogP contribution in [0.1, 0.15) is 81.2 Å². The van der Waals surface area contributed by atoms with Gasteiger partial charge in [-0.2, -0.15) is 5.10 Å². The molecule has 0 unspecified atom stereocenters. The number of ether oxygens (including phenoxy) is 2. The van der Waals surface area contributed by atoms with Crippen LogP contribution in [0.4, 0.5) is 0 Å². The predicted molar refractivity (Wildman–Crippen MR) is 128 cm³/mol. The van der Waals surface area contributed by atoms with Gasteiger partial charge in [0.05, 0.1) is 18.0 Å². The van der Waals surface area contributed by atoms with Crippen LogP contribution in [0.3, 0.4) is 0 Å². The number of allylic oxidation sites excluding steroid dienone is 3. The first kappa shape index (κ1) is 26.2. The molecule has 1 aromatic heterocycles. The number of carbonyl (C=O) groups is 1. The van der Waals surface area contributed by atoms with Crippen LogP contribution < -0.4 is 0 Å². The Bertz CT molecular complexity index is 879. The summed E-state index contributed by atoms with van der Waals surface area (Å²) in [4.78, 5) is 12.3. The third-order valence-electron chi connectivity index (χ3n) is 4.18. The summed E-state index contributed by atoms with van der Waals surface area (Å²) in [5, 5.41) is 4.49. The number of nitrogens with zero attached hydrogens (tertiary/aromatic N) is 2. The summed E-state index contributed by atoms with van der Waals surface area (Å²) in [6, 6.07) is 7.81. The Morgan fingerprint density at radius 2 is 1.81 bits per heavy atom. The van der Waals surface area contributed by atoms with Crippen LogP contribution in [0.5, 0.6) is 0 Å². The molecule has 31 heavy (non-hydrogen) atoms. The number of aryl methyl sites for hydroxylation is 2. The van der Waals surface area contributed by atoms with Crippen molar-refractivity contribution in [2.45, 2.75) is 74.3 Å². The summed E-state index contributed by atoms with van der Waals surface area (Å²) in [6.45, 7) is 14.7. The third-order valence-corrected chi connectivity index (χ3v) is 4.18. The Labute approximate surface area is 187 Å². The van der Waals surface area contributed by atoms with Gasteiger partial charge < -0.3 is 9.47 Å². The Hall–Kier alpha value is -2.82.